The Morgan fingerprint density at radius 1 is 1.14 bits per heavy atom. The van der Waals surface area contributed by atoms with Crippen LogP contribution in [0.4, 0.5) is 0 Å². The van der Waals surface area contributed by atoms with Gasteiger partial charge >= 0.3 is 0 Å². The van der Waals surface area contributed by atoms with Crippen molar-refractivity contribution in [1.82, 2.24) is 5.32 Å². The summed E-state index contributed by atoms with van der Waals surface area (Å²) in [6.45, 7) is 0.837. The Labute approximate surface area is 147 Å². The van der Waals surface area contributed by atoms with Gasteiger partial charge in [-0.15, -0.1) is 12.4 Å². The molecule has 3 rings (SSSR count). The molecule has 1 heterocycles. The maximum absolute atomic E-state index is 6.35. The number of hydrogen-bond donors (Lipinski definition) is 1. The van der Waals surface area contributed by atoms with Crippen LogP contribution in [0, 0.1) is 0 Å². The van der Waals surface area contributed by atoms with Gasteiger partial charge < -0.3 is 10.1 Å². The molecule has 0 spiro atoms. The summed E-state index contributed by atoms with van der Waals surface area (Å²) in [6.07, 6.45) is 2.22. The first kappa shape index (κ1) is 17.4. The number of fused-ring (bicyclic) bond motifs is 1. The number of halogens is 3. The van der Waals surface area contributed by atoms with Crippen LogP contribution in [0.25, 0.3) is 11.1 Å². The molecule has 1 atom stereocenters. The normalized spacial score (nSPS) is 16.4. The monoisotopic (exact) mass is 357 g/mol. The molecule has 118 valence electrons. The maximum Gasteiger partial charge on any atom is 0.130 e. The average molecular weight is 359 g/mol. The Kier molecular flexibility index (Phi) is 5.99. The second-order valence-corrected chi connectivity index (χ2v) is 6.04. The van der Waals surface area contributed by atoms with Gasteiger partial charge in [0.15, 0.2) is 0 Å². The summed E-state index contributed by atoms with van der Waals surface area (Å²) >= 11 is 12.7. The Balaban J connectivity index is 0.00000176. The van der Waals surface area contributed by atoms with E-state index in [2.05, 4.69) is 11.4 Å². The second-order valence-electron chi connectivity index (χ2n) is 5.23. The topological polar surface area (TPSA) is 21.3 Å². The minimum Gasteiger partial charge on any atom is -0.488 e. The lowest BCUT2D eigenvalue weighted by Gasteiger charge is -2.28. The van der Waals surface area contributed by atoms with E-state index in [1.54, 1.807) is 0 Å². The first-order chi connectivity index (χ1) is 10.2. The minimum atomic E-state index is 0. The van der Waals surface area contributed by atoms with Crippen molar-refractivity contribution < 1.29 is 4.74 Å². The molecule has 22 heavy (non-hydrogen) atoms. The fourth-order valence-corrected chi connectivity index (χ4v) is 3.39. The summed E-state index contributed by atoms with van der Waals surface area (Å²) in [6, 6.07) is 11.7. The van der Waals surface area contributed by atoms with E-state index in [-0.39, 0.29) is 18.5 Å². The molecule has 1 aliphatic rings. The minimum absolute atomic E-state index is 0. The average Bonchev–Trinajstić information content (AvgIpc) is 2.48. The molecule has 1 N–H and O–H groups in total. The third kappa shape index (κ3) is 3.36. The van der Waals surface area contributed by atoms with E-state index < -0.39 is 0 Å². The van der Waals surface area contributed by atoms with Gasteiger partial charge in [-0.1, -0.05) is 47.5 Å². The van der Waals surface area contributed by atoms with Crippen molar-refractivity contribution in [2.24, 2.45) is 0 Å². The van der Waals surface area contributed by atoms with Gasteiger partial charge in [0.1, 0.15) is 11.9 Å². The smallest absolute Gasteiger partial charge is 0.130 e. The van der Waals surface area contributed by atoms with Crippen LogP contribution in [0.5, 0.6) is 5.75 Å². The predicted octanol–water partition coefficient (Wildman–Crippen LogP) is 5.00. The van der Waals surface area contributed by atoms with E-state index in [0.29, 0.717) is 10.0 Å². The standard InChI is InChI=1S/C17H17Cl2NO.ClH/c1-20-10-12-9-8-11-4-2-5-13(17(11)21-12)16-14(18)6-3-7-15(16)19;/h2-7,12,20H,8-10H2,1H3;1H/t12-;/m1./s1. The zero-order chi connectivity index (χ0) is 14.8. The zero-order valence-electron chi connectivity index (χ0n) is 12.2. The molecule has 0 unspecified atom stereocenters. The highest BCUT2D eigenvalue weighted by Gasteiger charge is 2.23. The van der Waals surface area contributed by atoms with E-state index in [9.17, 15) is 0 Å². The summed E-state index contributed by atoms with van der Waals surface area (Å²) in [5.74, 6) is 0.916. The molecular weight excluding hydrogens is 341 g/mol. The van der Waals surface area contributed by atoms with Gasteiger partial charge in [0.2, 0.25) is 0 Å². The van der Waals surface area contributed by atoms with Crippen LogP contribution in [-0.2, 0) is 6.42 Å². The molecule has 0 aromatic heterocycles. The SMILES string of the molecule is CNC[C@H]1CCc2cccc(-c3c(Cl)cccc3Cl)c2O1.Cl. The summed E-state index contributed by atoms with van der Waals surface area (Å²) in [7, 11) is 1.94. The highest BCUT2D eigenvalue weighted by molar-refractivity contribution is 6.39. The number of likely N-dealkylation sites (N-methyl/N-ethyl adjacent to an activating group) is 1. The van der Waals surface area contributed by atoms with Gasteiger partial charge in [0.05, 0.1) is 10.0 Å². The summed E-state index contributed by atoms with van der Waals surface area (Å²) < 4.78 is 6.19. The number of aryl methyl sites for hydroxylation is 1. The molecule has 0 saturated heterocycles. The van der Waals surface area contributed by atoms with Crippen molar-refractivity contribution in [2.75, 3.05) is 13.6 Å². The quantitative estimate of drug-likeness (QED) is 0.834. The fourth-order valence-electron chi connectivity index (χ4n) is 2.79. The van der Waals surface area contributed by atoms with Crippen LogP contribution in [0.15, 0.2) is 36.4 Å². The molecule has 2 aromatic rings. The van der Waals surface area contributed by atoms with Crippen LogP contribution < -0.4 is 10.1 Å². The van der Waals surface area contributed by atoms with Crippen LogP contribution in [0.3, 0.4) is 0 Å². The Bertz CT molecular complexity index is 640. The van der Waals surface area contributed by atoms with E-state index in [1.165, 1.54) is 5.56 Å². The molecule has 0 amide bonds. The predicted molar refractivity (Wildman–Crippen MR) is 95.8 cm³/mol. The van der Waals surface area contributed by atoms with Crippen molar-refractivity contribution in [3.63, 3.8) is 0 Å². The number of nitrogens with one attached hydrogen (secondary N) is 1. The Morgan fingerprint density at radius 3 is 2.50 bits per heavy atom. The molecule has 1 aliphatic heterocycles. The maximum atomic E-state index is 6.35. The van der Waals surface area contributed by atoms with Crippen molar-refractivity contribution >= 4 is 35.6 Å². The molecule has 0 aliphatic carbocycles. The zero-order valence-corrected chi connectivity index (χ0v) is 14.6. The highest BCUT2D eigenvalue weighted by Crippen LogP contribution is 2.43. The third-order valence-electron chi connectivity index (χ3n) is 3.78. The van der Waals surface area contributed by atoms with Gasteiger partial charge in [-0.05, 0) is 37.6 Å². The largest absolute Gasteiger partial charge is 0.488 e. The molecule has 0 radical (unpaired) electrons. The number of hydrogen-bond acceptors (Lipinski definition) is 2. The van der Waals surface area contributed by atoms with E-state index in [0.717, 1.165) is 36.3 Å². The number of benzene rings is 2. The molecule has 0 bridgehead atoms. The molecule has 2 aromatic carbocycles. The van der Waals surface area contributed by atoms with Gasteiger partial charge in [-0.2, -0.15) is 0 Å². The molecule has 0 saturated carbocycles. The molecular formula is C17H18Cl3NO. The van der Waals surface area contributed by atoms with Gasteiger partial charge in [-0.25, -0.2) is 0 Å². The van der Waals surface area contributed by atoms with E-state index in [1.807, 2.05) is 37.4 Å². The first-order valence-electron chi connectivity index (χ1n) is 7.08. The van der Waals surface area contributed by atoms with E-state index in [4.69, 9.17) is 27.9 Å². The molecule has 0 fully saturated rings. The lowest BCUT2D eigenvalue weighted by Crippen LogP contribution is -2.32. The number of ether oxygens (including phenoxy) is 1. The van der Waals surface area contributed by atoms with Crippen LogP contribution in [0.1, 0.15) is 12.0 Å². The molecule has 5 heteroatoms. The highest BCUT2D eigenvalue weighted by atomic mass is 35.5. The van der Waals surface area contributed by atoms with Crippen LogP contribution in [-0.4, -0.2) is 19.7 Å². The molecule has 2 nitrogen and oxygen atoms in total. The lowest BCUT2D eigenvalue weighted by atomic mass is 9.95. The summed E-state index contributed by atoms with van der Waals surface area (Å²) in [4.78, 5) is 0. The Morgan fingerprint density at radius 2 is 1.82 bits per heavy atom. The Hall–Kier alpha value is -0.930. The summed E-state index contributed by atoms with van der Waals surface area (Å²) in [5, 5.41) is 4.47. The first-order valence-corrected chi connectivity index (χ1v) is 7.84. The fraction of sp³-hybridized carbons (Fsp3) is 0.294. The number of rotatable bonds is 3. The lowest BCUT2D eigenvalue weighted by molar-refractivity contribution is 0.174. The van der Waals surface area contributed by atoms with Crippen molar-refractivity contribution in [3.05, 3.63) is 52.0 Å². The van der Waals surface area contributed by atoms with Crippen molar-refractivity contribution in [1.29, 1.82) is 0 Å². The second kappa shape index (κ2) is 7.56. The number of para-hydroxylation sites is 1. The van der Waals surface area contributed by atoms with Gasteiger partial charge in [0, 0.05) is 17.7 Å². The van der Waals surface area contributed by atoms with Gasteiger partial charge in [0.25, 0.3) is 0 Å². The van der Waals surface area contributed by atoms with Crippen LogP contribution in [0.2, 0.25) is 10.0 Å². The van der Waals surface area contributed by atoms with Gasteiger partial charge in [-0.3, -0.25) is 0 Å². The van der Waals surface area contributed by atoms with Crippen molar-refractivity contribution in [3.8, 4) is 16.9 Å². The van der Waals surface area contributed by atoms with E-state index >= 15 is 0 Å². The van der Waals surface area contributed by atoms with Crippen molar-refractivity contribution in [2.45, 2.75) is 18.9 Å². The third-order valence-corrected chi connectivity index (χ3v) is 4.41. The summed E-state index contributed by atoms with van der Waals surface area (Å²) in [5.41, 5.74) is 3.04. The van der Waals surface area contributed by atoms with Crippen LogP contribution >= 0.6 is 35.6 Å².